The van der Waals surface area contributed by atoms with Gasteiger partial charge in [0.15, 0.2) is 0 Å². The van der Waals surface area contributed by atoms with Crippen molar-refractivity contribution in [2.75, 3.05) is 6.54 Å². The van der Waals surface area contributed by atoms with Crippen LogP contribution in [0.25, 0.3) is 0 Å². The first-order valence-electron chi connectivity index (χ1n) is 6.86. The smallest absolute Gasteiger partial charge is 0.0965 e. The van der Waals surface area contributed by atoms with Crippen LogP contribution in [0.3, 0.4) is 0 Å². The highest BCUT2D eigenvalue weighted by atomic mass is 16.5. The molecule has 1 fully saturated rings. The van der Waals surface area contributed by atoms with Gasteiger partial charge in [-0.15, -0.1) is 0 Å². The van der Waals surface area contributed by atoms with Crippen molar-refractivity contribution in [3.05, 3.63) is 30.1 Å². The molecule has 0 bridgehead atoms. The number of ether oxygens (including phenoxy) is 1. The lowest BCUT2D eigenvalue weighted by molar-refractivity contribution is -0.0430. The SMILES string of the molecule is CC1(C)CCC(OC(CN)c2cccnc2)CC1. The van der Waals surface area contributed by atoms with Crippen LogP contribution in [0, 0.1) is 5.41 Å². The summed E-state index contributed by atoms with van der Waals surface area (Å²) in [6.07, 6.45) is 8.74. The molecule has 0 saturated heterocycles. The fourth-order valence-electron chi connectivity index (χ4n) is 2.58. The van der Waals surface area contributed by atoms with Crippen molar-refractivity contribution >= 4 is 0 Å². The van der Waals surface area contributed by atoms with Gasteiger partial charge in [-0.3, -0.25) is 4.98 Å². The summed E-state index contributed by atoms with van der Waals surface area (Å²) in [6.45, 7) is 5.20. The number of rotatable bonds is 4. The molecule has 100 valence electrons. The highest BCUT2D eigenvalue weighted by Crippen LogP contribution is 2.37. The van der Waals surface area contributed by atoms with E-state index in [0.717, 1.165) is 18.4 Å². The summed E-state index contributed by atoms with van der Waals surface area (Å²) in [6, 6.07) is 3.97. The molecule has 3 heteroatoms. The molecule has 0 radical (unpaired) electrons. The fraction of sp³-hybridized carbons (Fsp3) is 0.667. The second kappa shape index (κ2) is 5.81. The van der Waals surface area contributed by atoms with Crippen LogP contribution < -0.4 is 5.73 Å². The van der Waals surface area contributed by atoms with Crippen LogP contribution in [-0.2, 0) is 4.74 Å². The summed E-state index contributed by atoms with van der Waals surface area (Å²) in [7, 11) is 0. The molecule has 2 N–H and O–H groups in total. The maximum absolute atomic E-state index is 6.15. The van der Waals surface area contributed by atoms with Gasteiger partial charge in [-0.05, 0) is 37.2 Å². The van der Waals surface area contributed by atoms with Gasteiger partial charge in [-0.2, -0.15) is 0 Å². The highest BCUT2D eigenvalue weighted by molar-refractivity contribution is 5.12. The molecule has 1 unspecified atom stereocenters. The lowest BCUT2D eigenvalue weighted by Crippen LogP contribution is -2.29. The summed E-state index contributed by atoms with van der Waals surface area (Å²) in [4.78, 5) is 4.13. The molecular formula is C15H24N2O. The monoisotopic (exact) mass is 248 g/mol. The van der Waals surface area contributed by atoms with Crippen LogP contribution in [0.5, 0.6) is 0 Å². The van der Waals surface area contributed by atoms with Gasteiger partial charge < -0.3 is 10.5 Å². The van der Waals surface area contributed by atoms with Crippen LogP contribution in [0.2, 0.25) is 0 Å². The summed E-state index contributed by atoms with van der Waals surface area (Å²) < 4.78 is 6.15. The predicted octanol–water partition coefficient (Wildman–Crippen LogP) is 3.07. The molecule has 1 aliphatic rings. The van der Waals surface area contributed by atoms with E-state index in [1.807, 2.05) is 18.3 Å². The van der Waals surface area contributed by atoms with Crippen molar-refractivity contribution in [2.24, 2.45) is 11.1 Å². The van der Waals surface area contributed by atoms with Crippen molar-refractivity contribution in [1.82, 2.24) is 4.98 Å². The van der Waals surface area contributed by atoms with Crippen molar-refractivity contribution in [2.45, 2.75) is 51.7 Å². The quantitative estimate of drug-likeness (QED) is 0.890. The molecule has 1 saturated carbocycles. The third-order valence-electron chi connectivity index (χ3n) is 3.91. The Morgan fingerprint density at radius 3 is 2.72 bits per heavy atom. The number of nitrogens with two attached hydrogens (primary N) is 1. The highest BCUT2D eigenvalue weighted by Gasteiger charge is 2.28. The van der Waals surface area contributed by atoms with E-state index in [0.29, 0.717) is 18.1 Å². The van der Waals surface area contributed by atoms with Crippen molar-refractivity contribution in [3.63, 3.8) is 0 Å². The second-order valence-electron chi connectivity index (χ2n) is 6.01. The molecule has 0 spiro atoms. The zero-order valence-corrected chi connectivity index (χ0v) is 11.4. The average Bonchev–Trinajstić information content (AvgIpc) is 2.39. The lowest BCUT2D eigenvalue weighted by Gasteiger charge is -2.35. The Bertz CT molecular complexity index is 354. The van der Waals surface area contributed by atoms with Gasteiger partial charge in [0.1, 0.15) is 0 Å². The van der Waals surface area contributed by atoms with Crippen molar-refractivity contribution < 1.29 is 4.74 Å². The number of hydrogen-bond donors (Lipinski definition) is 1. The Morgan fingerprint density at radius 1 is 1.44 bits per heavy atom. The maximum atomic E-state index is 6.15. The van der Waals surface area contributed by atoms with E-state index in [4.69, 9.17) is 10.5 Å². The van der Waals surface area contributed by atoms with Crippen LogP contribution in [0.1, 0.15) is 51.2 Å². The second-order valence-corrected chi connectivity index (χ2v) is 6.01. The minimum Gasteiger partial charge on any atom is -0.369 e. The molecule has 18 heavy (non-hydrogen) atoms. The first-order chi connectivity index (χ1) is 8.61. The van der Waals surface area contributed by atoms with E-state index < -0.39 is 0 Å². The van der Waals surface area contributed by atoms with Gasteiger partial charge in [0.25, 0.3) is 0 Å². The molecular weight excluding hydrogens is 224 g/mol. The zero-order chi connectivity index (χ0) is 13.0. The van der Waals surface area contributed by atoms with Crippen LogP contribution >= 0.6 is 0 Å². The Labute approximate surface area is 110 Å². The molecule has 2 rings (SSSR count). The van der Waals surface area contributed by atoms with E-state index in [-0.39, 0.29) is 6.10 Å². The molecule has 1 aromatic heterocycles. The first-order valence-corrected chi connectivity index (χ1v) is 6.86. The third-order valence-corrected chi connectivity index (χ3v) is 3.91. The van der Waals surface area contributed by atoms with Crippen LogP contribution in [0.4, 0.5) is 0 Å². The normalized spacial score (nSPS) is 21.7. The van der Waals surface area contributed by atoms with Gasteiger partial charge in [0, 0.05) is 24.5 Å². The summed E-state index contributed by atoms with van der Waals surface area (Å²) in [5, 5.41) is 0. The molecule has 0 amide bonds. The predicted molar refractivity (Wildman–Crippen MR) is 73.2 cm³/mol. The van der Waals surface area contributed by atoms with Crippen LogP contribution in [0.15, 0.2) is 24.5 Å². The number of nitrogens with zero attached hydrogens (tertiary/aromatic N) is 1. The topological polar surface area (TPSA) is 48.1 Å². The van der Waals surface area contributed by atoms with Crippen LogP contribution in [-0.4, -0.2) is 17.6 Å². The number of aromatic nitrogens is 1. The van der Waals surface area contributed by atoms with Gasteiger partial charge in [0.05, 0.1) is 12.2 Å². The molecule has 1 aliphatic carbocycles. The number of pyridine rings is 1. The van der Waals surface area contributed by atoms with Gasteiger partial charge in [-0.1, -0.05) is 19.9 Å². The number of hydrogen-bond acceptors (Lipinski definition) is 3. The Hall–Kier alpha value is -0.930. The Morgan fingerprint density at radius 2 is 2.17 bits per heavy atom. The zero-order valence-electron chi connectivity index (χ0n) is 11.4. The summed E-state index contributed by atoms with van der Waals surface area (Å²) in [5.74, 6) is 0. The van der Waals surface area contributed by atoms with E-state index >= 15 is 0 Å². The summed E-state index contributed by atoms with van der Waals surface area (Å²) >= 11 is 0. The third kappa shape index (κ3) is 3.53. The lowest BCUT2D eigenvalue weighted by atomic mass is 9.76. The van der Waals surface area contributed by atoms with Gasteiger partial charge in [-0.25, -0.2) is 0 Å². The minimum atomic E-state index is -0.00934. The largest absolute Gasteiger partial charge is 0.369 e. The van der Waals surface area contributed by atoms with E-state index in [9.17, 15) is 0 Å². The fourth-order valence-corrected chi connectivity index (χ4v) is 2.58. The molecule has 0 aromatic carbocycles. The van der Waals surface area contributed by atoms with Gasteiger partial charge >= 0.3 is 0 Å². The minimum absolute atomic E-state index is 0.00934. The van der Waals surface area contributed by atoms with Crippen molar-refractivity contribution in [1.29, 1.82) is 0 Å². The Balaban J connectivity index is 1.92. The Kier molecular flexibility index (Phi) is 4.36. The van der Waals surface area contributed by atoms with Gasteiger partial charge in [0.2, 0.25) is 0 Å². The average molecular weight is 248 g/mol. The maximum Gasteiger partial charge on any atom is 0.0965 e. The molecule has 1 atom stereocenters. The standard InChI is InChI=1S/C15H24N2O/c1-15(2)7-5-13(6-8-15)18-14(10-16)12-4-3-9-17-11-12/h3-4,9,11,13-14H,5-8,10,16H2,1-2H3. The van der Waals surface area contributed by atoms with Crippen molar-refractivity contribution in [3.8, 4) is 0 Å². The summed E-state index contributed by atoms with van der Waals surface area (Å²) in [5.41, 5.74) is 7.39. The van der Waals surface area contributed by atoms with E-state index in [1.165, 1.54) is 12.8 Å². The molecule has 3 nitrogen and oxygen atoms in total. The molecule has 0 aliphatic heterocycles. The first kappa shape index (κ1) is 13.5. The van der Waals surface area contributed by atoms with E-state index in [2.05, 4.69) is 18.8 Å². The van der Waals surface area contributed by atoms with E-state index in [1.54, 1.807) is 6.20 Å². The molecule has 1 heterocycles. The molecule has 1 aromatic rings.